The molecule has 7 heteroatoms. The number of hydrogen-bond acceptors (Lipinski definition) is 4. The number of anilines is 2. The van der Waals surface area contributed by atoms with Gasteiger partial charge in [0, 0.05) is 38.0 Å². The number of methoxy groups -OCH3 is 1. The largest absolute Gasteiger partial charge is 0.382 e. The Balaban J connectivity index is 1.68. The summed E-state index contributed by atoms with van der Waals surface area (Å²) in [5, 5.41) is 7.24. The van der Waals surface area contributed by atoms with Gasteiger partial charge < -0.3 is 15.0 Å². The van der Waals surface area contributed by atoms with Crippen molar-refractivity contribution in [2.45, 2.75) is 45.6 Å². The average molecular weight is 399 g/mol. The minimum atomic E-state index is -0.394. The van der Waals surface area contributed by atoms with E-state index in [1.165, 1.54) is 0 Å². The number of nitrogens with zero attached hydrogens (tertiary/aromatic N) is 3. The van der Waals surface area contributed by atoms with Crippen molar-refractivity contribution in [1.29, 1.82) is 0 Å². The second kappa shape index (κ2) is 9.22. The van der Waals surface area contributed by atoms with Crippen LogP contribution >= 0.6 is 0 Å². The van der Waals surface area contributed by atoms with Gasteiger partial charge in [-0.05, 0) is 30.9 Å². The van der Waals surface area contributed by atoms with Crippen LogP contribution in [-0.2, 0) is 14.3 Å². The molecule has 1 aromatic heterocycles. The molecular weight excluding hydrogens is 368 g/mol. The molecule has 29 heavy (non-hydrogen) atoms. The Kier molecular flexibility index (Phi) is 6.69. The molecule has 2 heterocycles. The first-order valence-electron chi connectivity index (χ1n) is 10.2. The number of carbonyl (C=O) groups is 2. The van der Waals surface area contributed by atoms with Crippen molar-refractivity contribution in [3.63, 3.8) is 0 Å². The van der Waals surface area contributed by atoms with Gasteiger partial charge in [0.15, 0.2) is 5.82 Å². The number of aromatic nitrogens is 2. The molecule has 7 nitrogen and oxygen atoms in total. The predicted octanol–water partition coefficient (Wildman–Crippen LogP) is 3.60. The van der Waals surface area contributed by atoms with Crippen LogP contribution in [0.2, 0.25) is 0 Å². The van der Waals surface area contributed by atoms with Gasteiger partial charge >= 0.3 is 0 Å². The Hall–Kier alpha value is -2.67. The normalized spacial score (nSPS) is 18.7. The van der Waals surface area contributed by atoms with Crippen molar-refractivity contribution in [3.05, 3.63) is 42.1 Å². The quantitative estimate of drug-likeness (QED) is 0.737. The topological polar surface area (TPSA) is 76.5 Å². The molecule has 1 aromatic carbocycles. The lowest BCUT2D eigenvalue weighted by molar-refractivity contribution is -0.122. The van der Waals surface area contributed by atoms with Crippen LogP contribution in [0.25, 0.3) is 0 Å². The molecule has 0 spiro atoms. The van der Waals surface area contributed by atoms with Gasteiger partial charge in [-0.1, -0.05) is 32.0 Å². The lowest BCUT2D eigenvalue weighted by atomic mass is 9.96. The Morgan fingerprint density at radius 1 is 1.31 bits per heavy atom. The van der Waals surface area contributed by atoms with Gasteiger partial charge in [0.1, 0.15) is 0 Å². The lowest BCUT2D eigenvalue weighted by Gasteiger charge is -2.23. The summed E-state index contributed by atoms with van der Waals surface area (Å²) < 4.78 is 6.90. The molecule has 0 bridgehead atoms. The Bertz CT molecular complexity index is 863. The SMILES string of the molecule is CCC(C)c1ccccc1N1CC(C(=O)Nc2ccn(C(C)COC)n2)CC1=O. The second-order valence-corrected chi connectivity index (χ2v) is 7.75. The summed E-state index contributed by atoms with van der Waals surface area (Å²) in [5.74, 6) is 0.259. The molecule has 1 aliphatic rings. The van der Waals surface area contributed by atoms with E-state index in [9.17, 15) is 9.59 Å². The summed E-state index contributed by atoms with van der Waals surface area (Å²) in [7, 11) is 1.64. The third kappa shape index (κ3) is 4.67. The summed E-state index contributed by atoms with van der Waals surface area (Å²) in [4.78, 5) is 27.2. The first-order valence-corrected chi connectivity index (χ1v) is 10.2. The van der Waals surface area contributed by atoms with E-state index in [0.717, 1.165) is 17.7 Å². The summed E-state index contributed by atoms with van der Waals surface area (Å²) in [6.07, 6.45) is 3.02. The van der Waals surface area contributed by atoms with Crippen LogP contribution in [0.5, 0.6) is 0 Å². The molecule has 3 atom stereocenters. The molecule has 1 aliphatic heterocycles. The van der Waals surface area contributed by atoms with E-state index in [2.05, 4.69) is 30.3 Å². The van der Waals surface area contributed by atoms with Crippen LogP contribution < -0.4 is 10.2 Å². The molecule has 2 aromatic rings. The standard InChI is InChI=1S/C22H30N4O3/c1-5-15(2)18-8-6-7-9-19(18)25-13-17(12-21(25)27)22(28)23-20-10-11-26(24-20)16(3)14-29-4/h6-11,15-17H,5,12-14H2,1-4H3,(H,23,24,28). The zero-order valence-corrected chi connectivity index (χ0v) is 17.6. The summed E-state index contributed by atoms with van der Waals surface area (Å²) >= 11 is 0. The molecule has 2 amide bonds. The van der Waals surface area contributed by atoms with E-state index in [-0.39, 0.29) is 24.3 Å². The van der Waals surface area contributed by atoms with Crippen LogP contribution in [0.1, 0.15) is 51.1 Å². The third-order valence-corrected chi connectivity index (χ3v) is 5.59. The number of carbonyl (C=O) groups excluding carboxylic acids is 2. The van der Waals surface area contributed by atoms with E-state index >= 15 is 0 Å². The van der Waals surface area contributed by atoms with Crippen molar-refractivity contribution >= 4 is 23.3 Å². The van der Waals surface area contributed by atoms with Crippen molar-refractivity contribution in [2.75, 3.05) is 30.5 Å². The molecular formula is C22H30N4O3. The number of amides is 2. The number of nitrogens with one attached hydrogen (secondary N) is 1. The van der Waals surface area contributed by atoms with Gasteiger partial charge in [-0.15, -0.1) is 0 Å². The Morgan fingerprint density at radius 3 is 2.79 bits per heavy atom. The van der Waals surface area contributed by atoms with Gasteiger partial charge in [-0.25, -0.2) is 0 Å². The molecule has 1 saturated heterocycles. The lowest BCUT2D eigenvalue weighted by Crippen LogP contribution is -2.29. The molecule has 3 unspecified atom stereocenters. The highest BCUT2D eigenvalue weighted by atomic mass is 16.5. The maximum atomic E-state index is 12.8. The number of ether oxygens (including phenoxy) is 1. The fourth-order valence-corrected chi connectivity index (χ4v) is 3.68. The zero-order chi connectivity index (χ0) is 21.0. The Labute approximate surface area is 172 Å². The maximum Gasteiger partial charge on any atom is 0.231 e. The summed E-state index contributed by atoms with van der Waals surface area (Å²) in [6.45, 7) is 7.21. The van der Waals surface area contributed by atoms with E-state index in [1.54, 1.807) is 22.8 Å². The van der Waals surface area contributed by atoms with Crippen LogP contribution in [0.15, 0.2) is 36.5 Å². The van der Waals surface area contributed by atoms with Crippen LogP contribution in [0, 0.1) is 5.92 Å². The summed E-state index contributed by atoms with van der Waals surface area (Å²) in [6, 6.07) is 9.81. The summed E-state index contributed by atoms with van der Waals surface area (Å²) in [5.41, 5.74) is 2.06. The number of hydrogen-bond donors (Lipinski definition) is 1. The first-order chi connectivity index (χ1) is 13.9. The van der Waals surface area contributed by atoms with Gasteiger partial charge in [0.25, 0.3) is 0 Å². The van der Waals surface area contributed by atoms with Gasteiger partial charge in [-0.2, -0.15) is 5.10 Å². The second-order valence-electron chi connectivity index (χ2n) is 7.75. The number of para-hydroxylation sites is 1. The number of rotatable bonds is 8. The molecule has 0 aliphatic carbocycles. The molecule has 156 valence electrons. The van der Waals surface area contributed by atoms with Crippen LogP contribution in [-0.4, -0.2) is 41.9 Å². The monoisotopic (exact) mass is 398 g/mol. The van der Waals surface area contributed by atoms with Crippen LogP contribution in [0.3, 0.4) is 0 Å². The minimum absolute atomic E-state index is 0.0138. The molecule has 0 saturated carbocycles. The molecule has 1 N–H and O–H groups in total. The van der Waals surface area contributed by atoms with Gasteiger partial charge in [0.2, 0.25) is 11.8 Å². The van der Waals surface area contributed by atoms with Crippen molar-refractivity contribution in [3.8, 4) is 0 Å². The van der Waals surface area contributed by atoms with Crippen molar-refractivity contribution in [2.24, 2.45) is 5.92 Å². The highest BCUT2D eigenvalue weighted by Gasteiger charge is 2.36. The predicted molar refractivity (Wildman–Crippen MR) is 113 cm³/mol. The van der Waals surface area contributed by atoms with E-state index in [4.69, 9.17) is 4.74 Å². The van der Waals surface area contributed by atoms with Crippen LogP contribution in [0.4, 0.5) is 11.5 Å². The van der Waals surface area contributed by atoms with E-state index < -0.39 is 5.92 Å². The smallest absolute Gasteiger partial charge is 0.231 e. The highest BCUT2D eigenvalue weighted by molar-refractivity contribution is 6.03. The third-order valence-electron chi connectivity index (χ3n) is 5.59. The van der Waals surface area contributed by atoms with E-state index in [0.29, 0.717) is 24.9 Å². The van der Waals surface area contributed by atoms with Gasteiger partial charge in [0.05, 0.1) is 18.6 Å². The van der Waals surface area contributed by atoms with Crippen molar-refractivity contribution in [1.82, 2.24) is 9.78 Å². The minimum Gasteiger partial charge on any atom is -0.382 e. The van der Waals surface area contributed by atoms with E-state index in [1.807, 2.05) is 31.3 Å². The van der Waals surface area contributed by atoms with Crippen molar-refractivity contribution < 1.29 is 14.3 Å². The fourth-order valence-electron chi connectivity index (χ4n) is 3.68. The first kappa shape index (κ1) is 21.0. The fraction of sp³-hybridized carbons (Fsp3) is 0.500. The highest BCUT2D eigenvalue weighted by Crippen LogP contribution is 2.33. The Morgan fingerprint density at radius 2 is 2.07 bits per heavy atom. The average Bonchev–Trinajstić information content (AvgIpc) is 3.34. The molecule has 1 fully saturated rings. The zero-order valence-electron chi connectivity index (χ0n) is 17.6. The molecule has 3 rings (SSSR count). The number of benzene rings is 1. The van der Waals surface area contributed by atoms with Gasteiger partial charge in [-0.3, -0.25) is 14.3 Å². The molecule has 0 radical (unpaired) electrons. The maximum absolute atomic E-state index is 12.8.